The molecule has 0 N–H and O–H groups in total. The van der Waals surface area contributed by atoms with Gasteiger partial charge in [0.15, 0.2) is 0 Å². The van der Waals surface area contributed by atoms with Crippen LogP contribution in [0.4, 0.5) is 17.1 Å². The first-order valence-electron chi connectivity index (χ1n) is 19.8. The fraction of sp³-hybridized carbons (Fsp3) is 0. The number of nitrogens with zero attached hydrogens (tertiary/aromatic N) is 1. The van der Waals surface area contributed by atoms with Gasteiger partial charge in [-0.1, -0.05) is 164 Å². The molecule has 10 aromatic rings. The molecule has 0 aliphatic carbocycles. The molecule has 10 aromatic carbocycles. The van der Waals surface area contributed by atoms with Crippen LogP contribution in [0.3, 0.4) is 0 Å². The number of benzene rings is 10. The number of ether oxygens (including phenoxy) is 1. The Balaban J connectivity index is 1.00. The predicted molar refractivity (Wildman–Crippen MR) is 243 cm³/mol. The Morgan fingerprint density at radius 1 is 0.276 bits per heavy atom. The van der Waals surface area contributed by atoms with Crippen molar-refractivity contribution in [2.75, 3.05) is 4.90 Å². The molecule has 0 saturated carbocycles. The van der Waals surface area contributed by atoms with Gasteiger partial charge in [0.2, 0.25) is 0 Å². The third-order valence-corrected chi connectivity index (χ3v) is 11.5. The van der Waals surface area contributed by atoms with Gasteiger partial charge in [0.1, 0.15) is 11.5 Å². The van der Waals surface area contributed by atoms with Crippen LogP contribution in [0.2, 0.25) is 0 Å². The minimum atomic E-state index is 0.891. The molecule has 2 nitrogen and oxygen atoms in total. The quantitative estimate of drug-likeness (QED) is 0.161. The Morgan fingerprint density at radius 2 is 0.810 bits per heavy atom. The lowest BCUT2D eigenvalue weighted by Crippen LogP contribution is -2.10. The second-order valence-electron chi connectivity index (χ2n) is 14.9. The van der Waals surface area contributed by atoms with Crippen molar-refractivity contribution in [1.29, 1.82) is 0 Å². The summed E-state index contributed by atoms with van der Waals surface area (Å²) < 4.78 is 6.35. The second-order valence-corrected chi connectivity index (χ2v) is 14.9. The molecule has 11 rings (SSSR count). The molecule has 0 unspecified atom stereocenters. The van der Waals surface area contributed by atoms with Crippen LogP contribution in [0.15, 0.2) is 224 Å². The van der Waals surface area contributed by atoms with Crippen LogP contribution in [0.25, 0.3) is 77.2 Å². The van der Waals surface area contributed by atoms with Gasteiger partial charge in [-0.15, -0.1) is 0 Å². The average molecular weight is 740 g/mol. The molecule has 0 saturated heterocycles. The average Bonchev–Trinajstić information content (AvgIpc) is 3.30. The zero-order valence-corrected chi connectivity index (χ0v) is 31.7. The minimum Gasteiger partial charge on any atom is -0.456 e. The number of para-hydroxylation sites is 1. The minimum absolute atomic E-state index is 0.891. The van der Waals surface area contributed by atoms with Crippen LogP contribution in [0, 0.1) is 0 Å². The van der Waals surface area contributed by atoms with Gasteiger partial charge in [-0.3, -0.25) is 0 Å². The number of rotatable bonds is 7. The van der Waals surface area contributed by atoms with E-state index >= 15 is 0 Å². The van der Waals surface area contributed by atoms with Crippen LogP contribution in [-0.2, 0) is 0 Å². The fourth-order valence-corrected chi connectivity index (χ4v) is 8.58. The van der Waals surface area contributed by atoms with Crippen molar-refractivity contribution < 1.29 is 4.74 Å². The zero-order valence-electron chi connectivity index (χ0n) is 31.7. The Morgan fingerprint density at radius 3 is 1.59 bits per heavy atom. The van der Waals surface area contributed by atoms with E-state index < -0.39 is 0 Å². The molecule has 0 aromatic heterocycles. The summed E-state index contributed by atoms with van der Waals surface area (Å²) in [5.41, 5.74) is 15.1. The molecule has 0 amide bonds. The lowest BCUT2D eigenvalue weighted by molar-refractivity contribution is 0.487. The van der Waals surface area contributed by atoms with E-state index in [0.717, 1.165) is 50.5 Å². The monoisotopic (exact) mass is 739 g/mol. The molecule has 1 heterocycles. The van der Waals surface area contributed by atoms with E-state index in [1.807, 2.05) is 6.07 Å². The van der Waals surface area contributed by atoms with Gasteiger partial charge < -0.3 is 9.64 Å². The van der Waals surface area contributed by atoms with Gasteiger partial charge >= 0.3 is 0 Å². The smallest absolute Gasteiger partial charge is 0.135 e. The van der Waals surface area contributed by atoms with Crippen LogP contribution < -0.4 is 9.64 Å². The molecule has 0 radical (unpaired) electrons. The van der Waals surface area contributed by atoms with E-state index in [2.05, 4.69) is 223 Å². The molecule has 1 aliphatic rings. The third-order valence-electron chi connectivity index (χ3n) is 11.5. The molecule has 0 bridgehead atoms. The number of hydrogen-bond donors (Lipinski definition) is 0. The van der Waals surface area contributed by atoms with E-state index in [9.17, 15) is 0 Å². The van der Waals surface area contributed by atoms with Gasteiger partial charge in [-0.05, 0) is 127 Å². The highest BCUT2D eigenvalue weighted by atomic mass is 16.5. The maximum atomic E-state index is 6.35. The number of fused-ring (bicyclic) bond motifs is 3. The van der Waals surface area contributed by atoms with Crippen molar-refractivity contribution in [3.63, 3.8) is 0 Å². The third kappa shape index (κ3) is 6.00. The predicted octanol–water partition coefficient (Wildman–Crippen LogP) is 15.9. The van der Waals surface area contributed by atoms with Gasteiger partial charge in [0, 0.05) is 28.0 Å². The molecule has 272 valence electrons. The first-order chi connectivity index (χ1) is 28.7. The van der Waals surface area contributed by atoms with Crippen molar-refractivity contribution in [2.24, 2.45) is 0 Å². The Kier molecular flexibility index (Phi) is 8.19. The van der Waals surface area contributed by atoms with Gasteiger partial charge in [0.25, 0.3) is 0 Å². The summed E-state index contributed by atoms with van der Waals surface area (Å²) in [6.45, 7) is 0. The summed E-state index contributed by atoms with van der Waals surface area (Å²) in [7, 11) is 0. The second kappa shape index (κ2) is 14.1. The van der Waals surface area contributed by atoms with E-state index in [1.165, 1.54) is 55.3 Å². The largest absolute Gasteiger partial charge is 0.456 e. The normalized spacial score (nSPS) is 11.6. The maximum Gasteiger partial charge on any atom is 0.135 e. The Hall–Kier alpha value is -7.68. The van der Waals surface area contributed by atoms with Crippen LogP contribution in [-0.4, -0.2) is 0 Å². The topological polar surface area (TPSA) is 12.5 Å². The molecule has 2 heteroatoms. The molecule has 0 atom stereocenters. The maximum absolute atomic E-state index is 6.35. The summed E-state index contributed by atoms with van der Waals surface area (Å²) in [5.74, 6) is 1.79. The van der Waals surface area contributed by atoms with Gasteiger partial charge in [-0.2, -0.15) is 0 Å². The first kappa shape index (κ1) is 33.6. The summed E-state index contributed by atoms with van der Waals surface area (Å²) >= 11 is 0. The van der Waals surface area contributed by atoms with E-state index in [4.69, 9.17) is 4.74 Å². The zero-order chi connectivity index (χ0) is 38.4. The van der Waals surface area contributed by atoms with E-state index in [-0.39, 0.29) is 0 Å². The molecule has 58 heavy (non-hydrogen) atoms. The lowest BCUT2D eigenvalue weighted by Gasteiger charge is -2.27. The van der Waals surface area contributed by atoms with E-state index in [0.29, 0.717) is 0 Å². The Labute approximate surface area is 338 Å². The molecule has 1 aliphatic heterocycles. The molecular weight excluding hydrogens is 703 g/mol. The highest BCUT2D eigenvalue weighted by molar-refractivity contribution is 6.06. The molecule has 0 spiro atoms. The van der Waals surface area contributed by atoms with Crippen molar-refractivity contribution >= 4 is 38.6 Å². The van der Waals surface area contributed by atoms with Crippen molar-refractivity contribution in [2.45, 2.75) is 0 Å². The van der Waals surface area contributed by atoms with Crippen molar-refractivity contribution in [3.8, 4) is 67.1 Å². The van der Waals surface area contributed by atoms with Gasteiger partial charge in [-0.25, -0.2) is 0 Å². The lowest BCUT2D eigenvalue weighted by atomic mass is 9.90. The van der Waals surface area contributed by atoms with Crippen LogP contribution in [0.1, 0.15) is 0 Å². The number of hydrogen-bond acceptors (Lipinski definition) is 2. The van der Waals surface area contributed by atoms with Crippen molar-refractivity contribution in [3.05, 3.63) is 224 Å². The first-order valence-corrected chi connectivity index (χ1v) is 19.8. The Bertz CT molecular complexity index is 3110. The van der Waals surface area contributed by atoms with Crippen LogP contribution in [0.5, 0.6) is 11.5 Å². The molecule has 0 fully saturated rings. The summed E-state index contributed by atoms with van der Waals surface area (Å²) in [6, 6.07) is 80.7. The SMILES string of the molecule is c1ccc(-c2ccc(-c3ccc(N(c4ccc(-c5cccc6ccccc56)cc4)c4cccc(-c5cc6c7c(cccc7c5)Oc5ccccc5-6)c4)cc3)cc2)cc1. The highest BCUT2D eigenvalue weighted by Crippen LogP contribution is 2.48. The van der Waals surface area contributed by atoms with Gasteiger partial charge in [0.05, 0.1) is 0 Å². The number of anilines is 3. The van der Waals surface area contributed by atoms with Crippen molar-refractivity contribution in [1.82, 2.24) is 0 Å². The van der Waals surface area contributed by atoms with E-state index in [1.54, 1.807) is 0 Å². The standard InChI is InChI=1S/C56H37NO/c1-2-11-38(12-3-1)39-23-25-40(26-24-39)41-27-31-47(32-28-41)57(48-33-29-43(30-34-48)51-20-9-14-42-13-4-5-18-50(42)51)49-17-8-15-44(36-49)46-35-45-16-10-22-55-56(45)53(37-46)52-19-6-7-21-54(52)58-55/h1-37H. The van der Waals surface area contributed by atoms with Crippen LogP contribution >= 0.6 is 0 Å². The summed E-state index contributed by atoms with van der Waals surface area (Å²) in [4.78, 5) is 2.37. The summed E-state index contributed by atoms with van der Waals surface area (Å²) in [5, 5.41) is 4.82. The summed E-state index contributed by atoms with van der Waals surface area (Å²) in [6.07, 6.45) is 0. The highest BCUT2D eigenvalue weighted by Gasteiger charge is 2.21. The fourth-order valence-electron chi connectivity index (χ4n) is 8.58. The molecular formula is C56H37NO.